The summed E-state index contributed by atoms with van der Waals surface area (Å²) >= 11 is 0. The maximum atomic E-state index is 16.3. The van der Waals surface area contributed by atoms with Gasteiger partial charge in [0.15, 0.2) is 11.7 Å². The van der Waals surface area contributed by atoms with Crippen molar-refractivity contribution in [2.45, 2.75) is 96.1 Å². The van der Waals surface area contributed by atoms with E-state index in [1.165, 1.54) is 27.5 Å². The normalized spacial score (nSPS) is 20.9. The Morgan fingerprint density at radius 1 is 0.843 bits per heavy atom. The Labute approximate surface area is 303 Å². The molecule has 4 aromatic carbocycles. The van der Waals surface area contributed by atoms with E-state index in [1.807, 2.05) is 42.7 Å². The number of hydrogen-bond donors (Lipinski definition) is 0. The molecular formula is C47H51FNO2+. The van der Waals surface area contributed by atoms with Crippen molar-refractivity contribution in [2.24, 2.45) is 0 Å². The maximum absolute atomic E-state index is 16.3. The number of aryl methyl sites for hydroxylation is 1. The van der Waals surface area contributed by atoms with Gasteiger partial charge in [0, 0.05) is 42.2 Å². The summed E-state index contributed by atoms with van der Waals surface area (Å²) in [6.45, 7) is 13.5. The molecule has 3 atom stereocenters. The number of rotatable bonds is 12. The van der Waals surface area contributed by atoms with Gasteiger partial charge in [-0.3, -0.25) is 0 Å². The average molecular weight is 681 g/mol. The fourth-order valence-electron chi connectivity index (χ4n) is 9.21. The smallest absolute Gasteiger partial charge is 0.222 e. The van der Waals surface area contributed by atoms with Crippen LogP contribution in [0.4, 0.5) is 4.39 Å². The van der Waals surface area contributed by atoms with E-state index in [9.17, 15) is 0 Å². The molecule has 0 spiro atoms. The van der Waals surface area contributed by atoms with Crippen LogP contribution in [0.2, 0.25) is 0 Å². The van der Waals surface area contributed by atoms with Crippen molar-refractivity contribution < 1.29 is 18.4 Å². The molecule has 5 aromatic rings. The van der Waals surface area contributed by atoms with Gasteiger partial charge in [-0.15, -0.1) is 0 Å². The monoisotopic (exact) mass is 680 g/mol. The summed E-state index contributed by atoms with van der Waals surface area (Å²) in [5.74, 6) is 0.593. The van der Waals surface area contributed by atoms with Gasteiger partial charge in [0.05, 0.1) is 22.6 Å². The van der Waals surface area contributed by atoms with Gasteiger partial charge in [-0.1, -0.05) is 120 Å². The van der Waals surface area contributed by atoms with Gasteiger partial charge in [0.2, 0.25) is 5.69 Å². The van der Waals surface area contributed by atoms with E-state index >= 15 is 4.39 Å². The van der Waals surface area contributed by atoms with Crippen LogP contribution in [-0.4, -0.2) is 7.11 Å². The van der Waals surface area contributed by atoms with E-state index in [0.717, 1.165) is 65.8 Å². The number of halogens is 1. The van der Waals surface area contributed by atoms with Crippen LogP contribution in [0.5, 0.6) is 0 Å². The highest BCUT2D eigenvalue weighted by molar-refractivity contribution is 6.03. The molecule has 1 aliphatic carbocycles. The van der Waals surface area contributed by atoms with Gasteiger partial charge in [-0.25, -0.2) is 4.39 Å². The zero-order valence-electron chi connectivity index (χ0n) is 31.2. The first-order valence-corrected chi connectivity index (χ1v) is 18.7. The van der Waals surface area contributed by atoms with Crippen LogP contribution < -0.4 is 4.57 Å². The molecule has 4 heteroatoms. The van der Waals surface area contributed by atoms with Crippen LogP contribution in [0.3, 0.4) is 0 Å². The summed E-state index contributed by atoms with van der Waals surface area (Å²) in [7, 11) is 1.73. The molecule has 1 aliphatic heterocycles. The van der Waals surface area contributed by atoms with Crippen molar-refractivity contribution in [1.29, 1.82) is 0 Å². The fraction of sp³-hybridized carbons (Fsp3) is 0.340. The number of nitrogens with zero attached hydrogens (tertiary/aromatic N) is 1. The van der Waals surface area contributed by atoms with E-state index in [1.54, 1.807) is 13.2 Å². The molecular weight excluding hydrogens is 630 g/mol. The summed E-state index contributed by atoms with van der Waals surface area (Å²) in [4.78, 5) is 0. The molecule has 51 heavy (non-hydrogen) atoms. The van der Waals surface area contributed by atoms with Gasteiger partial charge in [-0.05, 0) is 66.0 Å². The van der Waals surface area contributed by atoms with Gasteiger partial charge >= 0.3 is 0 Å². The van der Waals surface area contributed by atoms with Crippen LogP contribution in [0.15, 0.2) is 116 Å². The lowest BCUT2D eigenvalue weighted by Crippen LogP contribution is -2.68. The van der Waals surface area contributed by atoms with Crippen molar-refractivity contribution in [1.82, 2.24) is 0 Å². The Morgan fingerprint density at radius 3 is 2.22 bits per heavy atom. The standard InChI is InChI=1S/C47H51FNO2/c1-8-11-18-32-23-24-36-41-35(32)27-29-49-44(41)42-37(25-26-38(48)43(42)45(36,4)5)46(6,9-2)47(49,10-3)28-30-51-40(34-21-16-13-17-22-34)31-39(50-7)33-19-14-12-15-20-33/h12-17,19-31,39H,8-11,18H2,1-7H3/q+1. The number of ether oxygens (including phenoxy) is 2. The van der Waals surface area contributed by atoms with Crippen LogP contribution in [-0.2, 0) is 32.3 Å². The molecule has 3 unspecified atom stereocenters. The third-order valence-electron chi connectivity index (χ3n) is 12.2. The Bertz CT molecular complexity index is 2130. The molecule has 0 bridgehead atoms. The zero-order chi connectivity index (χ0) is 36.0. The molecule has 262 valence electrons. The lowest BCUT2D eigenvalue weighted by atomic mass is 9.56. The highest BCUT2D eigenvalue weighted by Crippen LogP contribution is 2.58. The summed E-state index contributed by atoms with van der Waals surface area (Å²) in [5.41, 5.74) is 7.43. The number of pyridine rings is 1. The van der Waals surface area contributed by atoms with Crippen LogP contribution in [0.25, 0.3) is 27.8 Å². The lowest BCUT2D eigenvalue weighted by molar-refractivity contribution is -0.755. The molecule has 0 amide bonds. The quantitative estimate of drug-likeness (QED) is 0.0967. The molecule has 0 fully saturated rings. The number of allylic oxidation sites excluding steroid dienone is 1. The number of unbranched alkanes of at least 4 members (excludes halogenated alkanes) is 1. The Balaban J connectivity index is 1.45. The Hall–Kier alpha value is -4.54. The molecule has 0 saturated heterocycles. The predicted octanol–water partition coefficient (Wildman–Crippen LogP) is 11.7. The SMILES string of the molecule is CCCCc1ccc2c3c4[n+](ccc13)C(C=COC(=CC(OC)c1ccccc1)c1ccccc1)(CC)C(C)(CC)c1ccc(F)c(c1-4)C2(C)C. The minimum absolute atomic E-state index is 0.131. The third kappa shape index (κ3) is 5.37. The molecule has 0 N–H and O–H groups in total. The van der Waals surface area contributed by atoms with Crippen molar-refractivity contribution in [3.05, 3.63) is 155 Å². The number of benzene rings is 4. The topological polar surface area (TPSA) is 22.3 Å². The van der Waals surface area contributed by atoms with Crippen LogP contribution >= 0.6 is 0 Å². The highest BCUT2D eigenvalue weighted by atomic mass is 19.1. The van der Waals surface area contributed by atoms with Crippen molar-refractivity contribution in [2.75, 3.05) is 7.11 Å². The second-order valence-corrected chi connectivity index (χ2v) is 15.0. The van der Waals surface area contributed by atoms with E-state index in [4.69, 9.17) is 9.47 Å². The first-order valence-electron chi connectivity index (χ1n) is 18.7. The second kappa shape index (κ2) is 13.5. The van der Waals surface area contributed by atoms with Crippen LogP contribution in [0, 0.1) is 5.82 Å². The molecule has 2 aliphatic rings. The Morgan fingerprint density at radius 2 is 1.55 bits per heavy atom. The maximum Gasteiger partial charge on any atom is 0.222 e. The van der Waals surface area contributed by atoms with Crippen molar-refractivity contribution in [3.8, 4) is 11.3 Å². The number of aromatic nitrogens is 1. The second-order valence-electron chi connectivity index (χ2n) is 15.0. The minimum atomic E-state index is -0.507. The average Bonchev–Trinajstić information content (AvgIpc) is 3.16. The van der Waals surface area contributed by atoms with Gasteiger partial charge in [0.25, 0.3) is 0 Å². The molecule has 2 heterocycles. The summed E-state index contributed by atoms with van der Waals surface area (Å²) < 4.78 is 31.5. The summed E-state index contributed by atoms with van der Waals surface area (Å²) in [5, 5.41) is 2.55. The first-order chi connectivity index (χ1) is 24.7. The first kappa shape index (κ1) is 34.9. The van der Waals surface area contributed by atoms with Gasteiger partial charge in [-0.2, -0.15) is 4.57 Å². The van der Waals surface area contributed by atoms with E-state index in [0.29, 0.717) is 0 Å². The van der Waals surface area contributed by atoms with E-state index < -0.39 is 11.0 Å². The van der Waals surface area contributed by atoms with E-state index in [2.05, 4.69) is 113 Å². The molecule has 1 aromatic heterocycles. The molecule has 3 nitrogen and oxygen atoms in total. The van der Waals surface area contributed by atoms with Crippen LogP contribution in [0.1, 0.15) is 107 Å². The summed E-state index contributed by atoms with van der Waals surface area (Å²) in [6, 6.07) is 31.1. The molecule has 0 saturated carbocycles. The van der Waals surface area contributed by atoms with Gasteiger partial charge < -0.3 is 9.47 Å². The Kier molecular flexibility index (Phi) is 9.26. The number of hydrogen-bond acceptors (Lipinski definition) is 2. The zero-order valence-corrected chi connectivity index (χ0v) is 31.2. The fourth-order valence-corrected chi connectivity index (χ4v) is 9.21. The van der Waals surface area contributed by atoms with Crippen molar-refractivity contribution >= 4 is 16.5 Å². The molecule has 7 rings (SSSR count). The van der Waals surface area contributed by atoms with Gasteiger partial charge in [0.1, 0.15) is 17.7 Å². The predicted molar refractivity (Wildman–Crippen MR) is 207 cm³/mol. The third-order valence-corrected chi connectivity index (χ3v) is 12.2. The van der Waals surface area contributed by atoms with Crippen molar-refractivity contribution in [3.63, 3.8) is 0 Å². The highest BCUT2D eigenvalue weighted by Gasteiger charge is 2.61. The number of methoxy groups -OCH3 is 1. The molecule has 0 radical (unpaired) electrons. The summed E-state index contributed by atoms with van der Waals surface area (Å²) in [6.07, 6.45) is 13.2. The lowest BCUT2D eigenvalue weighted by Gasteiger charge is -2.49. The van der Waals surface area contributed by atoms with E-state index in [-0.39, 0.29) is 17.3 Å². The minimum Gasteiger partial charge on any atom is -0.465 e. The largest absolute Gasteiger partial charge is 0.465 e.